The molecular weight excluding hydrogens is 252 g/mol. The zero-order valence-electron chi connectivity index (χ0n) is 12.9. The molecule has 1 N–H and O–H groups in total. The van der Waals surface area contributed by atoms with E-state index in [0.29, 0.717) is 17.3 Å². The lowest BCUT2D eigenvalue weighted by atomic mass is 9.99. The molecule has 1 unspecified atom stereocenters. The number of aryl methyl sites for hydroxylation is 1. The number of rotatable bonds is 3. The summed E-state index contributed by atoms with van der Waals surface area (Å²) in [6.45, 7) is 8.22. The topological polar surface area (TPSA) is 53.2 Å². The maximum Gasteiger partial charge on any atom is 0.270 e. The number of piperidine rings is 1. The first kappa shape index (κ1) is 14.8. The predicted molar refractivity (Wildman–Crippen MR) is 79.2 cm³/mol. The van der Waals surface area contributed by atoms with Crippen LogP contribution in [0.2, 0.25) is 0 Å². The number of aromatic amines is 1. The van der Waals surface area contributed by atoms with Gasteiger partial charge in [0.25, 0.3) is 5.91 Å². The fraction of sp³-hybridized carbons (Fsp3) is 0.625. The first-order chi connectivity index (χ1) is 9.47. The number of likely N-dealkylation sites (tertiary alicyclic amines) is 1. The molecule has 1 saturated heterocycles. The van der Waals surface area contributed by atoms with Crippen molar-refractivity contribution in [3.05, 3.63) is 22.5 Å². The summed E-state index contributed by atoms with van der Waals surface area (Å²) in [6.07, 6.45) is 4.34. The molecule has 4 nitrogen and oxygen atoms in total. The normalized spacial score (nSPS) is 19.2. The lowest BCUT2D eigenvalue weighted by Gasteiger charge is -2.35. The molecule has 0 aromatic carbocycles. The number of hydrogen-bond donors (Lipinski definition) is 1. The van der Waals surface area contributed by atoms with Crippen molar-refractivity contribution >= 4 is 11.7 Å². The Labute approximate surface area is 120 Å². The molecule has 1 amide bonds. The average Bonchev–Trinajstić information content (AvgIpc) is 2.73. The summed E-state index contributed by atoms with van der Waals surface area (Å²) >= 11 is 0. The van der Waals surface area contributed by atoms with Gasteiger partial charge in [-0.05, 0) is 52.0 Å². The number of carbonyl (C=O) groups is 2. The van der Waals surface area contributed by atoms with Crippen LogP contribution < -0.4 is 0 Å². The number of hydrogen-bond acceptors (Lipinski definition) is 2. The second-order valence-corrected chi connectivity index (χ2v) is 5.74. The maximum atomic E-state index is 12.8. The molecule has 0 bridgehead atoms. The standard InChI is InChI=1S/C16H24N2O2/c1-5-13-8-6-7-9-18(13)16(20)15-10(2)14(12(4)19)11(3)17-15/h13,17H,5-9H2,1-4H3. The molecule has 1 aliphatic heterocycles. The summed E-state index contributed by atoms with van der Waals surface area (Å²) in [5.41, 5.74) is 2.84. The van der Waals surface area contributed by atoms with Crippen LogP contribution in [0.25, 0.3) is 0 Å². The number of nitrogens with zero attached hydrogens (tertiary/aromatic N) is 1. The largest absolute Gasteiger partial charge is 0.354 e. The molecule has 1 atom stereocenters. The van der Waals surface area contributed by atoms with Gasteiger partial charge in [0.1, 0.15) is 5.69 Å². The van der Waals surface area contributed by atoms with Gasteiger partial charge in [0.15, 0.2) is 5.78 Å². The predicted octanol–water partition coefficient (Wildman–Crippen LogP) is 3.24. The minimum absolute atomic E-state index is 0.0148. The molecule has 0 saturated carbocycles. The molecule has 1 fully saturated rings. The highest BCUT2D eigenvalue weighted by molar-refractivity contribution is 6.02. The molecule has 2 heterocycles. The summed E-state index contributed by atoms with van der Waals surface area (Å²) in [7, 11) is 0. The molecule has 0 spiro atoms. The Morgan fingerprint density at radius 1 is 1.30 bits per heavy atom. The minimum Gasteiger partial charge on any atom is -0.354 e. The number of H-pyrrole nitrogens is 1. The van der Waals surface area contributed by atoms with Gasteiger partial charge >= 0.3 is 0 Å². The third-order valence-electron chi connectivity index (χ3n) is 4.36. The van der Waals surface area contributed by atoms with Crippen molar-refractivity contribution in [2.24, 2.45) is 0 Å². The highest BCUT2D eigenvalue weighted by Crippen LogP contribution is 2.25. The van der Waals surface area contributed by atoms with Crippen molar-refractivity contribution in [2.45, 2.75) is 59.4 Å². The van der Waals surface area contributed by atoms with Gasteiger partial charge in [0, 0.05) is 23.8 Å². The van der Waals surface area contributed by atoms with Crippen molar-refractivity contribution in [2.75, 3.05) is 6.54 Å². The molecule has 1 aliphatic rings. The molecule has 0 aliphatic carbocycles. The van der Waals surface area contributed by atoms with E-state index < -0.39 is 0 Å². The quantitative estimate of drug-likeness (QED) is 0.862. The zero-order chi connectivity index (χ0) is 14.9. The summed E-state index contributed by atoms with van der Waals surface area (Å²) in [4.78, 5) is 29.5. The third-order valence-corrected chi connectivity index (χ3v) is 4.36. The lowest BCUT2D eigenvalue weighted by Crippen LogP contribution is -2.43. The van der Waals surface area contributed by atoms with Crippen LogP contribution in [-0.2, 0) is 0 Å². The van der Waals surface area contributed by atoms with Crippen molar-refractivity contribution < 1.29 is 9.59 Å². The summed E-state index contributed by atoms with van der Waals surface area (Å²) in [6, 6.07) is 0.333. The van der Waals surface area contributed by atoms with Crippen LogP contribution in [0.5, 0.6) is 0 Å². The van der Waals surface area contributed by atoms with E-state index in [1.54, 1.807) is 6.92 Å². The summed E-state index contributed by atoms with van der Waals surface area (Å²) < 4.78 is 0. The van der Waals surface area contributed by atoms with Crippen LogP contribution in [0.15, 0.2) is 0 Å². The van der Waals surface area contributed by atoms with Crippen LogP contribution in [0.1, 0.15) is 71.6 Å². The number of carbonyl (C=O) groups excluding carboxylic acids is 2. The van der Waals surface area contributed by atoms with Gasteiger partial charge in [-0.25, -0.2) is 0 Å². The van der Waals surface area contributed by atoms with Crippen molar-refractivity contribution in [1.29, 1.82) is 0 Å². The van der Waals surface area contributed by atoms with Crippen LogP contribution in [0.4, 0.5) is 0 Å². The van der Waals surface area contributed by atoms with Gasteiger partial charge in [-0.1, -0.05) is 6.92 Å². The van der Waals surface area contributed by atoms with Gasteiger partial charge in [0.2, 0.25) is 0 Å². The Morgan fingerprint density at radius 2 is 2.00 bits per heavy atom. The summed E-state index contributed by atoms with van der Waals surface area (Å²) in [5, 5.41) is 0. The van der Waals surface area contributed by atoms with E-state index in [4.69, 9.17) is 0 Å². The van der Waals surface area contributed by atoms with E-state index in [2.05, 4.69) is 11.9 Å². The second-order valence-electron chi connectivity index (χ2n) is 5.74. The number of aromatic nitrogens is 1. The van der Waals surface area contributed by atoms with Crippen LogP contribution >= 0.6 is 0 Å². The Hall–Kier alpha value is -1.58. The van der Waals surface area contributed by atoms with E-state index in [9.17, 15) is 9.59 Å². The first-order valence-corrected chi connectivity index (χ1v) is 7.48. The Bertz CT molecular complexity index is 531. The molecule has 110 valence electrons. The van der Waals surface area contributed by atoms with Gasteiger partial charge < -0.3 is 9.88 Å². The third kappa shape index (κ3) is 2.51. The molecule has 0 radical (unpaired) electrons. The van der Waals surface area contributed by atoms with Gasteiger partial charge in [-0.3, -0.25) is 9.59 Å². The average molecular weight is 276 g/mol. The Kier molecular flexibility index (Phi) is 4.31. The number of Topliss-reactive ketones (excluding diaryl/α,β-unsaturated/α-hetero) is 1. The lowest BCUT2D eigenvalue weighted by molar-refractivity contribution is 0.0601. The molecule has 4 heteroatoms. The zero-order valence-corrected chi connectivity index (χ0v) is 12.9. The van der Waals surface area contributed by atoms with E-state index >= 15 is 0 Å². The smallest absolute Gasteiger partial charge is 0.270 e. The highest BCUT2D eigenvalue weighted by Gasteiger charge is 2.29. The van der Waals surface area contributed by atoms with Gasteiger partial charge in [-0.2, -0.15) is 0 Å². The SMILES string of the molecule is CCC1CCCCN1C(=O)c1[nH]c(C)c(C(C)=O)c1C. The van der Waals surface area contributed by atoms with Crippen LogP contribution in [-0.4, -0.2) is 34.2 Å². The van der Waals surface area contributed by atoms with Crippen molar-refractivity contribution in [1.82, 2.24) is 9.88 Å². The van der Waals surface area contributed by atoms with Crippen molar-refractivity contribution in [3.8, 4) is 0 Å². The fourth-order valence-electron chi connectivity index (χ4n) is 3.33. The van der Waals surface area contributed by atoms with E-state index in [1.807, 2.05) is 18.7 Å². The van der Waals surface area contributed by atoms with Crippen LogP contribution in [0.3, 0.4) is 0 Å². The van der Waals surface area contributed by atoms with Gasteiger partial charge in [-0.15, -0.1) is 0 Å². The van der Waals surface area contributed by atoms with E-state index in [1.165, 1.54) is 6.42 Å². The number of nitrogens with one attached hydrogen (secondary N) is 1. The second kappa shape index (κ2) is 5.81. The minimum atomic E-state index is 0.0148. The molecule has 1 aromatic rings. The highest BCUT2D eigenvalue weighted by atomic mass is 16.2. The monoisotopic (exact) mass is 276 g/mol. The molecule has 20 heavy (non-hydrogen) atoms. The maximum absolute atomic E-state index is 12.8. The fourth-order valence-corrected chi connectivity index (χ4v) is 3.33. The molecule has 2 rings (SSSR count). The van der Waals surface area contributed by atoms with Gasteiger partial charge in [0.05, 0.1) is 0 Å². The van der Waals surface area contributed by atoms with Crippen LogP contribution in [0, 0.1) is 13.8 Å². The Balaban J connectivity index is 2.33. The first-order valence-electron chi connectivity index (χ1n) is 7.48. The van der Waals surface area contributed by atoms with E-state index in [-0.39, 0.29) is 11.7 Å². The number of amides is 1. The Morgan fingerprint density at radius 3 is 2.55 bits per heavy atom. The molecule has 1 aromatic heterocycles. The van der Waals surface area contributed by atoms with E-state index in [0.717, 1.165) is 37.1 Å². The summed E-state index contributed by atoms with van der Waals surface area (Å²) in [5.74, 6) is 0.0608. The molecular formula is C16H24N2O2. The number of ketones is 1. The van der Waals surface area contributed by atoms with Crippen molar-refractivity contribution in [3.63, 3.8) is 0 Å².